The third-order valence-electron chi connectivity index (χ3n) is 3.78. The van der Waals surface area contributed by atoms with Gasteiger partial charge in [-0.2, -0.15) is 0 Å². The molecule has 1 fully saturated rings. The highest BCUT2D eigenvalue weighted by molar-refractivity contribution is 4.91. The largest absolute Gasteiger partial charge is 0.389 e. The molecule has 1 aliphatic rings. The van der Waals surface area contributed by atoms with Gasteiger partial charge in [0.05, 0.1) is 5.60 Å². The average Bonchev–Trinajstić information content (AvgIpc) is 2.24. The van der Waals surface area contributed by atoms with Crippen LogP contribution in [0.1, 0.15) is 47.0 Å². The average molecular weight is 242 g/mol. The van der Waals surface area contributed by atoms with Crippen molar-refractivity contribution in [1.82, 2.24) is 10.6 Å². The van der Waals surface area contributed by atoms with Gasteiger partial charge in [-0.3, -0.25) is 0 Å². The number of nitrogens with one attached hydrogen (secondary N) is 2. The summed E-state index contributed by atoms with van der Waals surface area (Å²) < 4.78 is 0. The molecule has 0 aromatic heterocycles. The first-order valence-corrected chi connectivity index (χ1v) is 7.08. The van der Waals surface area contributed by atoms with Gasteiger partial charge < -0.3 is 15.7 Å². The van der Waals surface area contributed by atoms with Crippen molar-refractivity contribution >= 4 is 0 Å². The lowest BCUT2D eigenvalue weighted by Crippen LogP contribution is -2.53. The number of piperidine rings is 1. The summed E-state index contributed by atoms with van der Waals surface area (Å²) in [6, 6.07) is 0.257. The molecule has 0 radical (unpaired) electrons. The molecule has 3 unspecified atom stereocenters. The van der Waals surface area contributed by atoms with Crippen molar-refractivity contribution in [2.75, 3.05) is 19.6 Å². The highest BCUT2D eigenvalue weighted by Crippen LogP contribution is 2.25. The Balaban J connectivity index is 2.28. The van der Waals surface area contributed by atoms with Crippen molar-refractivity contribution in [1.29, 1.82) is 0 Å². The molecule has 3 N–H and O–H groups in total. The molecule has 0 aliphatic carbocycles. The fourth-order valence-corrected chi connectivity index (χ4v) is 2.49. The number of hydrogen-bond donors (Lipinski definition) is 3. The van der Waals surface area contributed by atoms with E-state index in [1.165, 1.54) is 6.42 Å². The smallest absolute Gasteiger partial charge is 0.0784 e. The van der Waals surface area contributed by atoms with Gasteiger partial charge in [0.1, 0.15) is 0 Å². The molecule has 1 aliphatic heterocycles. The Labute approximate surface area is 106 Å². The predicted octanol–water partition coefficient (Wildman–Crippen LogP) is 1.76. The van der Waals surface area contributed by atoms with Crippen LogP contribution in [-0.4, -0.2) is 36.4 Å². The van der Waals surface area contributed by atoms with Crippen LogP contribution in [0.5, 0.6) is 0 Å². The van der Waals surface area contributed by atoms with Gasteiger partial charge >= 0.3 is 0 Å². The third-order valence-corrected chi connectivity index (χ3v) is 3.78. The minimum absolute atomic E-state index is 0.257. The Morgan fingerprint density at radius 2 is 2.18 bits per heavy atom. The number of aliphatic hydroxyl groups is 1. The van der Waals surface area contributed by atoms with Crippen molar-refractivity contribution in [2.45, 2.75) is 58.6 Å². The molecule has 0 bridgehead atoms. The topological polar surface area (TPSA) is 44.3 Å². The summed E-state index contributed by atoms with van der Waals surface area (Å²) in [7, 11) is 0. The minimum atomic E-state index is -0.585. The van der Waals surface area contributed by atoms with E-state index in [0.717, 1.165) is 38.4 Å². The highest BCUT2D eigenvalue weighted by Gasteiger charge is 2.33. The number of rotatable bonds is 6. The van der Waals surface area contributed by atoms with E-state index in [9.17, 15) is 5.11 Å². The minimum Gasteiger partial charge on any atom is -0.389 e. The van der Waals surface area contributed by atoms with Crippen LogP contribution in [-0.2, 0) is 0 Å². The van der Waals surface area contributed by atoms with Crippen molar-refractivity contribution in [3.8, 4) is 0 Å². The summed E-state index contributed by atoms with van der Waals surface area (Å²) >= 11 is 0. The maximum absolute atomic E-state index is 10.5. The molecular weight excluding hydrogens is 212 g/mol. The zero-order valence-corrected chi connectivity index (χ0v) is 11.9. The summed E-state index contributed by atoms with van der Waals surface area (Å²) in [4.78, 5) is 0. The molecule has 0 aromatic rings. The molecule has 0 saturated carbocycles. The maximum Gasteiger partial charge on any atom is 0.0784 e. The molecule has 1 heterocycles. The summed E-state index contributed by atoms with van der Waals surface area (Å²) in [6.45, 7) is 11.6. The lowest BCUT2D eigenvalue weighted by molar-refractivity contribution is -0.00390. The van der Waals surface area contributed by atoms with Crippen LogP contribution in [0.15, 0.2) is 0 Å². The lowest BCUT2D eigenvalue weighted by Gasteiger charge is -2.38. The van der Waals surface area contributed by atoms with E-state index in [1.54, 1.807) is 0 Å². The Hall–Kier alpha value is -0.120. The monoisotopic (exact) mass is 242 g/mol. The summed E-state index contributed by atoms with van der Waals surface area (Å²) in [5, 5.41) is 17.4. The van der Waals surface area contributed by atoms with Crippen molar-refractivity contribution in [3.05, 3.63) is 0 Å². The Bertz CT molecular complexity index is 216. The summed E-state index contributed by atoms with van der Waals surface area (Å²) in [5.74, 6) is 1.41. The van der Waals surface area contributed by atoms with Gasteiger partial charge in [0.2, 0.25) is 0 Å². The molecule has 0 aromatic carbocycles. The second-order valence-electron chi connectivity index (χ2n) is 6.34. The summed E-state index contributed by atoms with van der Waals surface area (Å²) in [6.07, 6.45) is 3.15. The second kappa shape index (κ2) is 6.72. The van der Waals surface area contributed by atoms with Gasteiger partial charge in [0, 0.05) is 6.04 Å². The number of hydrogen-bond acceptors (Lipinski definition) is 3. The van der Waals surface area contributed by atoms with Crippen molar-refractivity contribution in [2.24, 2.45) is 11.8 Å². The fourth-order valence-electron chi connectivity index (χ4n) is 2.49. The van der Waals surface area contributed by atoms with E-state index < -0.39 is 5.60 Å². The van der Waals surface area contributed by atoms with Gasteiger partial charge in [-0.25, -0.2) is 0 Å². The molecule has 102 valence electrons. The van der Waals surface area contributed by atoms with Crippen LogP contribution in [0.3, 0.4) is 0 Å². The molecule has 3 heteroatoms. The van der Waals surface area contributed by atoms with Crippen LogP contribution < -0.4 is 10.6 Å². The zero-order chi connectivity index (χ0) is 12.9. The van der Waals surface area contributed by atoms with E-state index in [-0.39, 0.29) is 6.04 Å². The van der Waals surface area contributed by atoms with E-state index in [1.807, 2.05) is 6.92 Å². The van der Waals surface area contributed by atoms with E-state index in [4.69, 9.17) is 0 Å². The highest BCUT2D eigenvalue weighted by atomic mass is 16.3. The van der Waals surface area contributed by atoms with E-state index in [2.05, 4.69) is 31.4 Å². The predicted molar refractivity (Wildman–Crippen MR) is 73.1 cm³/mol. The molecule has 0 amide bonds. The van der Waals surface area contributed by atoms with Crippen LogP contribution >= 0.6 is 0 Å². The fraction of sp³-hybridized carbons (Fsp3) is 1.00. The van der Waals surface area contributed by atoms with Crippen molar-refractivity contribution < 1.29 is 5.11 Å². The quantitative estimate of drug-likeness (QED) is 0.622. The van der Waals surface area contributed by atoms with Crippen molar-refractivity contribution in [3.63, 3.8) is 0 Å². The molecule has 3 atom stereocenters. The molecule has 0 spiro atoms. The van der Waals surface area contributed by atoms with Gasteiger partial charge in [-0.05, 0) is 57.7 Å². The molecule has 1 rings (SSSR count). The van der Waals surface area contributed by atoms with Crippen LogP contribution in [0.4, 0.5) is 0 Å². The molecule has 1 saturated heterocycles. The SMILES string of the molecule is CC(C)CNCCC(C)(O)C1CC(C)CCN1. The second-order valence-corrected chi connectivity index (χ2v) is 6.34. The van der Waals surface area contributed by atoms with Gasteiger partial charge in [0.25, 0.3) is 0 Å². The first-order valence-electron chi connectivity index (χ1n) is 7.08. The lowest BCUT2D eigenvalue weighted by atomic mass is 9.83. The molecule has 3 nitrogen and oxygen atoms in total. The normalized spacial score (nSPS) is 29.3. The Morgan fingerprint density at radius 1 is 1.47 bits per heavy atom. The van der Waals surface area contributed by atoms with E-state index >= 15 is 0 Å². The maximum atomic E-state index is 10.5. The van der Waals surface area contributed by atoms with Crippen LogP contribution in [0, 0.1) is 11.8 Å². The molecular formula is C14H30N2O. The third kappa shape index (κ3) is 5.36. The standard InChI is InChI=1S/C14H30N2O/c1-11(2)10-15-8-6-14(4,17)13-9-12(3)5-7-16-13/h11-13,15-17H,5-10H2,1-4H3. The van der Waals surface area contributed by atoms with Gasteiger partial charge in [-0.1, -0.05) is 20.8 Å². The van der Waals surface area contributed by atoms with Gasteiger partial charge in [-0.15, -0.1) is 0 Å². The first-order chi connectivity index (χ1) is 7.92. The zero-order valence-electron chi connectivity index (χ0n) is 11.9. The van der Waals surface area contributed by atoms with Crippen LogP contribution in [0.25, 0.3) is 0 Å². The van der Waals surface area contributed by atoms with E-state index in [0.29, 0.717) is 5.92 Å². The van der Waals surface area contributed by atoms with Crippen LogP contribution in [0.2, 0.25) is 0 Å². The Kier molecular flexibility index (Phi) is 5.90. The Morgan fingerprint density at radius 3 is 2.76 bits per heavy atom. The first kappa shape index (κ1) is 14.9. The van der Waals surface area contributed by atoms with Gasteiger partial charge in [0.15, 0.2) is 0 Å². The summed E-state index contributed by atoms with van der Waals surface area (Å²) in [5.41, 5.74) is -0.585. The molecule has 17 heavy (non-hydrogen) atoms.